The number of carbonyl (C=O) groups excluding carboxylic acids is 1. The highest BCUT2D eigenvalue weighted by Gasteiger charge is 2.32. The van der Waals surface area contributed by atoms with Gasteiger partial charge in [-0.15, -0.1) is 0 Å². The summed E-state index contributed by atoms with van der Waals surface area (Å²) in [4.78, 5) is 24.7. The van der Waals surface area contributed by atoms with Gasteiger partial charge >= 0.3 is 12.0 Å². The molecule has 0 aromatic rings. The van der Waals surface area contributed by atoms with E-state index in [1.807, 2.05) is 6.92 Å². The Bertz CT molecular complexity index is 342. The quantitative estimate of drug-likeness (QED) is 0.804. The molecule has 0 radical (unpaired) electrons. The van der Waals surface area contributed by atoms with E-state index in [-0.39, 0.29) is 30.8 Å². The maximum Gasteiger partial charge on any atom is 0.323 e. The molecular formula is C13H22N2O4. The minimum atomic E-state index is -0.960. The van der Waals surface area contributed by atoms with Gasteiger partial charge in [-0.05, 0) is 26.2 Å². The van der Waals surface area contributed by atoms with E-state index in [0.717, 1.165) is 32.1 Å². The molecule has 2 fully saturated rings. The number of aliphatic carboxylic acids is 1. The van der Waals surface area contributed by atoms with Gasteiger partial charge in [0.2, 0.25) is 0 Å². The number of nitrogens with zero attached hydrogens (tertiary/aromatic N) is 1. The molecule has 2 N–H and O–H groups in total. The normalized spacial score (nSPS) is 27.4. The molecule has 0 aromatic heterocycles. The van der Waals surface area contributed by atoms with Gasteiger partial charge in [0.25, 0.3) is 0 Å². The molecule has 1 saturated heterocycles. The average molecular weight is 270 g/mol. The SMILES string of the molecule is CC1OCCC1NC(=O)N(CC(=O)O)C1CCCC1. The predicted molar refractivity (Wildman–Crippen MR) is 68.9 cm³/mol. The van der Waals surface area contributed by atoms with E-state index >= 15 is 0 Å². The monoisotopic (exact) mass is 270 g/mol. The number of ether oxygens (including phenoxy) is 1. The van der Waals surface area contributed by atoms with E-state index in [4.69, 9.17) is 9.84 Å². The zero-order chi connectivity index (χ0) is 13.8. The summed E-state index contributed by atoms with van der Waals surface area (Å²) in [5.74, 6) is -0.960. The van der Waals surface area contributed by atoms with Gasteiger partial charge in [0.1, 0.15) is 6.54 Å². The van der Waals surface area contributed by atoms with Crippen LogP contribution in [0.4, 0.5) is 4.79 Å². The first-order valence-electron chi connectivity index (χ1n) is 6.98. The molecule has 2 unspecified atom stereocenters. The van der Waals surface area contributed by atoms with Gasteiger partial charge in [0.15, 0.2) is 0 Å². The highest BCUT2D eigenvalue weighted by atomic mass is 16.5. The van der Waals surface area contributed by atoms with Crippen LogP contribution < -0.4 is 5.32 Å². The topological polar surface area (TPSA) is 78.9 Å². The summed E-state index contributed by atoms with van der Waals surface area (Å²) in [6.07, 6.45) is 4.72. The highest BCUT2D eigenvalue weighted by molar-refractivity contribution is 5.80. The average Bonchev–Trinajstić information content (AvgIpc) is 2.98. The molecule has 6 nitrogen and oxygen atoms in total. The number of nitrogens with one attached hydrogen (secondary N) is 1. The van der Waals surface area contributed by atoms with Gasteiger partial charge in [-0.25, -0.2) is 4.79 Å². The van der Waals surface area contributed by atoms with Crippen LogP contribution in [0.2, 0.25) is 0 Å². The third kappa shape index (κ3) is 3.59. The van der Waals surface area contributed by atoms with Crippen molar-refractivity contribution in [3.8, 4) is 0 Å². The van der Waals surface area contributed by atoms with E-state index < -0.39 is 5.97 Å². The van der Waals surface area contributed by atoms with E-state index in [1.54, 1.807) is 0 Å². The summed E-state index contributed by atoms with van der Waals surface area (Å²) in [5, 5.41) is 11.9. The van der Waals surface area contributed by atoms with Crippen molar-refractivity contribution in [2.45, 2.75) is 57.2 Å². The lowest BCUT2D eigenvalue weighted by molar-refractivity contribution is -0.138. The van der Waals surface area contributed by atoms with Gasteiger partial charge in [-0.3, -0.25) is 4.79 Å². The number of urea groups is 1. The molecular weight excluding hydrogens is 248 g/mol. The Kier molecular flexibility index (Phi) is 4.63. The molecule has 2 rings (SSSR count). The fourth-order valence-electron chi connectivity index (χ4n) is 2.89. The Labute approximate surface area is 113 Å². The summed E-state index contributed by atoms with van der Waals surface area (Å²) in [7, 11) is 0. The van der Waals surface area contributed by atoms with E-state index in [0.29, 0.717) is 6.61 Å². The summed E-state index contributed by atoms with van der Waals surface area (Å²) >= 11 is 0. The minimum absolute atomic E-state index is 0.000735. The molecule has 1 saturated carbocycles. The maximum atomic E-state index is 12.3. The fourth-order valence-corrected chi connectivity index (χ4v) is 2.89. The van der Waals surface area contributed by atoms with Gasteiger partial charge in [-0.2, -0.15) is 0 Å². The molecule has 2 amide bonds. The first kappa shape index (κ1) is 14.1. The Morgan fingerprint density at radius 3 is 2.53 bits per heavy atom. The van der Waals surface area contributed by atoms with Crippen molar-refractivity contribution in [2.75, 3.05) is 13.2 Å². The molecule has 0 aromatic carbocycles. The molecule has 6 heteroatoms. The molecule has 2 atom stereocenters. The molecule has 2 aliphatic rings. The highest BCUT2D eigenvalue weighted by Crippen LogP contribution is 2.24. The Morgan fingerprint density at radius 2 is 2.00 bits per heavy atom. The van der Waals surface area contributed by atoms with Crippen LogP contribution in [0.5, 0.6) is 0 Å². The summed E-state index contributed by atoms with van der Waals surface area (Å²) in [5.41, 5.74) is 0. The third-order valence-electron chi connectivity index (χ3n) is 4.02. The van der Waals surface area contributed by atoms with Crippen LogP contribution in [-0.2, 0) is 9.53 Å². The largest absolute Gasteiger partial charge is 0.480 e. The number of carbonyl (C=O) groups is 2. The first-order valence-corrected chi connectivity index (χ1v) is 6.98. The lowest BCUT2D eigenvalue weighted by Gasteiger charge is -2.29. The Morgan fingerprint density at radius 1 is 1.32 bits per heavy atom. The lowest BCUT2D eigenvalue weighted by Crippen LogP contribution is -2.51. The molecule has 1 aliphatic carbocycles. The van der Waals surface area contributed by atoms with Gasteiger partial charge in [0, 0.05) is 12.6 Å². The predicted octanol–water partition coefficient (Wildman–Crippen LogP) is 1.20. The van der Waals surface area contributed by atoms with E-state index in [1.165, 1.54) is 4.90 Å². The maximum absolute atomic E-state index is 12.3. The molecule has 19 heavy (non-hydrogen) atoms. The zero-order valence-electron chi connectivity index (χ0n) is 11.3. The van der Waals surface area contributed by atoms with E-state index in [2.05, 4.69) is 5.32 Å². The summed E-state index contributed by atoms with van der Waals surface area (Å²) in [6, 6.07) is -0.212. The molecule has 0 spiro atoms. The molecule has 1 aliphatic heterocycles. The van der Waals surface area contributed by atoms with Crippen LogP contribution in [0.15, 0.2) is 0 Å². The smallest absolute Gasteiger partial charge is 0.323 e. The number of rotatable bonds is 4. The fraction of sp³-hybridized carbons (Fsp3) is 0.846. The van der Waals surface area contributed by atoms with Crippen molar-refractivity contribution < 1.29 is 19.4 Å². The van der Waals surface area contributed by atoms with Gasteiger partial charge < -0.3 is 20.1 Å². The molecule has 1 heterocycles. The number of carboxylic acid groups (broad SMARTS) is 1. The summed E-state index contributed by atoms with van der Waals surface area (Å²) < 4.78 is 5.40. The zero-order valence-corrected chi connectivity index (χ0v) is 11.3. The number of hydrogen-bond acceptors (Lipinski definition) is 3. The second kappa shape index (κ2) is 6.23. The lowest BCUT2D eigenvalue weighted by atomic mass is 10.1. The Balaban J connectivity index is 1.96. The minimum Gasteiger partial charge on any atom is -0.480 e. The van der Waals surface area contributed by atoms with Crippen molar-refractivity contribution >= 4 is 12.0 Å². The second-order valence-electron chi connectivity index (χ2n) is 5.38. The van der Waals surface area contributed by atoms with Crippen LogP contribution in [0.25, 0.3) is 0 Å². The standard InChI is InChI=1S/C13H22N2O4/c1-9-11(6-7-19-9)14-13(18)15(8-12(16)17)10-4-2-3-5-10/h9-11H,2-8H2,1H3,(H,14,18)(H,16,17). The molecule has 0 bridgehead atoms. The van der Waals surface area contributed by atoms with Crippen LogP contribution in [0.3, 0.4) is 0 Å². The van der Waals surface area contributed by atoms with Gasteiger partial charge in [0.05, 0.1) is 12.1 Å². The van der Waals surface area contributed by atoms with Crippen LogP contribution in [0.1, 0.15) is 39.0 Å². The van der Waals surface area contributed by atoms with Crippen molar-refractivity contribution in [1.29, 1.82) is 0 Å². The van der Waals surface area contributed by atoms with Crippen molar-refractivity contribution in [2.24, 2.45) is 0 Å². The number of carboxylic acids is 1. The van der Waals surface area contributed by atoms with Crippen molar-refractivity contribution in [1.82, 2.24) is 10.2 Å². The van der Waals surface area contributed by atoms with Crippen LogP contribution in [0, 0.1) is 0 Å². The number of hydrogen-bond donors (Lipinski definition) is 2. The first-order chi connectivity index (χ1) is 9.08. The van der Waals surface area contributed by atoms with Crippen molar-refractivity contribution in [3.05, 3.63) is 0 Å². The second-order valence-corrected chi connectivity index (χ2v) is 5.38. The van der Waals surface area contributed by atoms with Crippen LogP contribution >= 0.6 is 0 Å². The molecule has 108 valence electrons. The van der Waals surface area contributed by atoms with Gasteiger partial charge in [-0.1, -0.05) is 12.8 Å². The van der Waals surface area contributed by atoms with E-state index in [9.17, 15) is 9.59 Å². The summed E-state index contributed by atoms with van der Waals surface area (Å²) in [6.45, 7) is 2.35. The number of amides is 2. The Hall–Kier alpha value is -1.30. The van der Waals surface area contributed by atoms with Crippen LogP contribution in [-0.4, -0.2) is 53.3 Å². The van der Waals surface area contributed by atoms with Crippen molar-refractivity contribution in [3.63, 3.8) is 0 Å². The third-order valence-corrected chi connectivity index (χ3v) is 4.02.